The minimum absolute atomic E-state index is 0.109. The first-order chi connectivity index (χ1) is 8.95. The summed E-state index contributed by atoms with van der Waals surface area (Å²) in [6.45, 7) is 6.40. The lowest BCUT2D eigenvalue weighted by molar-refractivity contribution is -0.313. The molecule has 0 aromatic heterocycles. The van der Waals surface area contributed by atoms with Crippen molar-refractivity contribution in [1.29, 1.82) is 0 Å². The van der Waals surface area contributed by atoms with Crippen molar-refractivity contribution in [1.82, 2.24) is 0 Å². The highest BCUT2D eigenvalue weighted by Gasteiger charge is 2.63. The molecule has 0 radical (unpaired) electrons. The summed E-state index contributed by atoms with van der Waals surface area (Å²) in [7, 11) is 1.09. The van der Waals surface area contributed by atoms with Crippen LogP contribution >= 0.6 is 0 Å². The van der Waals surface area contributed by atoms with Crippen molar-refractivity contribution in [2.75, 3.05) is 7.11 Å². The molecule has 0 aromatic rings. The molecule has 20 heavy (non-hydrogen) atoms. The minimum atomic E-state index is -4.80. The molecule has 1 aliphatic rings. The molecule has 0 saturated heterocycles. The Labute approximate surface area is 115 Å². The average molecular weight is 296 g/mol. The summed E-state index contributed by atoms with van der Waals surface area (Å²) >= 11 is 0. The van der Waals surface area contributed by atoms with E-state index < -0.39 is 35.9 Å². The molecule has 1 saturated carbocycles. The van der Waals surface area contributed by atoms with E-state index in [1.54, 1.807) is 0 Å². The summed E-state index contributed by atoms with van der Waals surface area (Å²) in [5.41, 5.74) is -3.87. The van der Waals surface area contributed by atoms with Gasteiger partial charge in [0.2, 0.25) is 0 Å². The zero-order valence-corrected chi connectivity index (χ0v) is 11.7. The smallest absolute Gasteiger partial charge is 0.419 e. The van der Waals surface area contributed by atoms with Gasteiger partial charge < -0.3 is 14.6 Å². The van der Waals surface area contributed by atoms with E-state index in [2.05, 4.69) is 6.58 Å². The van der Waals surface area contributed by atoms with Crippen LogP contribution in [0.3, 0.4) is 0 Å². The predicted octanol–water partition coefficient (Wildman–Crippen LogP) is 2.36. The van der Waals surface area contributed by atoms with E-state index in [0.717, 1.165) is 7.11 Å². The highest BCUT2D eigenvalue weighted by atomic mass is 19.4. The van der Waals surface area contributed by atoms with Crippen LogP contribution in [0.15, 0.2) is 12.2 Å². The van der Waals surface area contributed by atoms with Gasteiger partial charge in [0.15, 0.2) is 5.60 Å². The van der Waals surface area contributed by atoms with Crippen molar-refractivity contribution in [3.8, 4) is 0 Å². The van der Waals surface area contributed by atoms with Crippen LogP contribution in [0.25, 0.3) is 0 Å². The molecule has 1 fully saturated rings. The number of carbonyl (C=O) groups is 1. The third kappa shape index (κ3) is 3.15. The van der Waals surface area contributed by atoms with Crippen LogP contribution in [0.1, 0.15) is 33.1 Å². The SMILES string of the molecule is C=C(C)C(=O)OC1(C)CCC(O)(C(F)(F)F)C(OC)C1. The van der Waals surface area contributed by atoms with E-state index in [4.69, 9.17) is 9.47 Å². The fourth-order valence-electron chi connectivity index (χ4n) is 2.29. The fourth-order valence-corrected chi connectivity index (χ4v) is 2.29. The number of halogens is 3. The molecule has 1 aliphatic carbocycles. The Kier molecular flexibility index (Phi) is 4.55. The number of hydrogen-bond donors (Lipinski definition) is 1. The monoisotopic (exact) mass is 296 g/mol. The zero-order chi connectivity index (χ0) is 15.8. The van der Waals surface area contributed by atoms with Gasteiger partial charge in [0.05, 0.1) is 6.10 Å². The van der Waals surface area contributed by atoms with Crippen LogP contribution in [0.2, 0.25) is 0 Å². The molecule has 0 spiro atoms. The second-order valence-electron chi connectivity index (χ2n) is 5.47. The van der Waals surface area contributed by atoms with E-state index in [0.29, 0.717) is 0 Å². The van der Waals surface area contributed by atoms with Gasteiger partial charge in [-0.3, -0.25) is 0 Å². The van der Waals surface area contributed by atoms with Crippen molar-refractivity contribution in [2.24, 2.45) is 0 Å². The normalized spacial score (nSPS) is 34.6. The van der Waals surface area contributed by atoms with E-state index >= 15 is 0 Å². The second-order valence-corrected chi connectivity index (χ2v) is 5.47. The van der Waals surface area contributed by atoms with Gasteiger partial charge in [0.25, 0.3) is 0 Å². The summed E-state index contributed by atoms with van der Waals surface area (Å²) in [4.78, 5) is 11.5. The van der Waals surface area contributed by atoms with Crippen molar-refractivity contribution < 1.29 is 32.5 Å². The third-order valence-electron chi connectivity index (χ3n) is 3.65. The predicted molar refractivity (Wildman–Crippen MR) is 65.0 cm³/mol. The van der Waals surface area contributed by atoms with E-state index in [1.807, 2.05) is 0 Å². The standard InChI is InChI=1S/C13H19F3O4/c1-8(2)10(17)20-11(3)5-6-12(18,13(14,15)16)9(7-11)19-4/h9,18H,1,5-7H2,2-4H3. The highest BCUT2D eigenvalue weighted by Crippen LogP contribution is 2.46. The Hall–Kier alpha value is -1.08. The molecular formula is C13H19F3O4. The Morgan fingerprint density at radius 3 is 2.35 bits per heavy atom. The number of ether oxygens (including phenoxy) is 2. The largest absolute Gasteiger partial charge is 0.456 e. The summed E-state index contributed by atoms with van der Waals surface area (Å²) in [5, 5.41) is 9.84. The molecule has 0 aliphatic heterocycles. The minimum Gasteiger partial charge on any atom is -0.456 e. The van der Waals surface area contributed by atoms with E-state index in [-0.39, 0.29) is 18.4 Å². The Bertz CT molecular complexity index is 407. The Morgan fingerprint density at radius 2 is 1.95 bits per heavy atom. The number of esters is 1. The van der Waals surface area contributed by atoms with Gasteiger partial charge in [0.1, 0.15) is 5.60 Å². The quantitative estimate of drug-likeness (QED) is 0.641. The number of alkyl halides is 3. The van der Waals surface area contributed by atoms with Crippen LogP contribution in [0, 0.1) is 0 Å². The Balaban J connectivity index is 2.92. The van der Waals surface area contributed by atoms with Crippen LogP contribution in [0.5, 0.6) is 0 Å². The van der Waals surface area contributed by atoms with E-state index in [9.17, 15) is 23.1 Å². The number of aliphatic hydroxyl groups is 1. The number of hydrogen-bond acceptors (Lipinski definition) is 4. The fraction of sp³-hybridized carbons (Fsp3) is 0.769. The van der Waals surface area contributed by atoms with Crippen molar-refractivity contribution in [2.45, 2.75) is 56.6 Å². The molecule has 1 rings (SSSR count). The molecule has 7 heteroatoms. The van der Waals surface area contributed by atoms with Crippen molar-refractivity contribution in [3.63, 3.8) is 0 Å². The van der Waals surface area contributed by atoms with Gasteiger partial charge in [-0.05, 0) is 26.7 Å². The highest BCUT2D eigenvalue weighted by molar-refractivity contribution is 5.87. The van der Waals surface area contributed by atoms with E-state index in [1.165, 1.54) is 13.8 Å². The molecule has 116 valence electrons. The maximum Gasteiger partial charge on any atom is 0.419 e. The molecule has 0 heterocycles. The maximum absolute atomic E-state index is 13.0. The first kappa shape index (κ1) is 17.0. The second kappa shape index (κ2) is 5.37. The van der Waals surface area contributed by atoms with Gasteiger partial charge in [-0.15, -0.1) is 0 Å². The lowest BCUT2D eigenvalue weighted by Gasteiger charge is -2.46. The molecule has 4 nitrogen and oxygen atoms in total. The zero-order valence-electron chi connectivity index (χ0n) is 11.7. The number of carbonyl (C=O) groups excluding carboxylic acids is 1. The lowest BCUT2D eigenvalue weighted by Crippen LogP contribution is -2.61. The van der Waals surface area contributed by atoms with Gasteiger partial charge in [0, 0.05) is 19.1 Å². The van der Waals surface area contributed by atoms with Gasteiger partial charge in [-0.25, -0.2) is 4.79 Å². The topological polar surface area (TPSA) is 55.8 Å². The molecule has 0 amide bonds. The maximum atomic E-state index is 13.0. The summed E-state index contributed by atoms with van der Waals surface area (Å²) < 4.78 is 48.8. The Morgan fingerprint density at radius 1 is 1.40 bits per heavy atom. The number of rotatable bonds is 3. The first-order valence-electron chi connectivity index (χ1n) is 6.16. The lowest BCUT2D eigenvalue weighted by atomic mass is 9.74. The van der Waals surface area contributed by atoms with Crippen LogP contribution in [0.4, 0.5) is 13.2 Å². The molecule has 0 bridgehead atoms. The van der Waals surface area contributed by atoms with Crippen LogP contribution in [-0.4, -0.2) is 41.7 Å². The molecular weight excluding hydrogens is 277 g/mol. The van der Waals surface area contributed by atoms with Crippen molar-refractivity contribution >= 4 is 5.97 Å². The van der Waals surface area contributed by atoms with Crippen LogP contribution in [-0.2, 0) is 14.3 Å². The summed E-state index contributed by atoms with van der Waals surface area (Å²) in [6, 6.07) is 0. The van der Waals surface area contributed by atoms with Crippen molar-refractivity contribution in [3.05, 3.63) is 12.2 Å². The number of methoxy groups -OCH3 is 1. The van der Waals surface area contributed by atoms with Gasteiger partial charge >= 0.3 is 12.1 Å². The first-order valence-corrected chi connectivity index (χ1v) is 6.16. The average Bonchev–Trinajstić information content (AvgIpc) is 2.31. The van der Waals surface area contributed by atoms with Gasteiger partial charge in [-0.2, -0.15) is 13.2 Å². The molecule has 3 unspecified atom stereocenters. The third-order valence-corrected chi connectivity index (χ3v) is 3.65. The molecule has 1 N–H and O–H groups in total. The molecule has 0 aromatic carbocycles. The summed E-state index contributed by atoms with van der Waals surface area (Å²) in [5.74, 6) is -0.667. The summed E-state index contributed by atoms with van der Waals surface area (Å²) in [6.07, 6.45) is -7.22. The molecule has 3 atom stereocenters. The van der Waals surface area contributed by atoms with Gasteiger partial charge in [-0.1, -0.05) is 6.58 Å². The van der Waals surface area contributed by atoms with Crippen LogP contribution < -0.4 is 0 Å².